The minimum atomic E-state index is -0.819. The van der Waals surface area contributed by atoms with E-state index in [9.17, 15) is 0 Å². The van der Waals surface area contributed by atoms with Gasteiger partial charge in [-0.05, 0) is 86.9 Å². The number of hydrogen-bond donors (Lipinski definition) is 0. The van der Waals surface area contributed by atoms with E-state index in [4.69, 9.17) is 0 Å². The molecule has 0 radical (unpaired) electrons. The van der Waals surface area contributed by atoms with Crippen LogP contribution < -0.4 is 0 Å². The summed E-state index contributed by atoms with van der Waals surface area (Å²) >= 11 is 0. The molecule has 0 aromatic heterocycles. The van der Waals surface area contributed by atoms with Crippen molar-refractivity contribution >= 4 is 8.07 Å². The lowest BCUT2D eigenvalue weighted by molar-refractivity contribution is 0.106. The Morgan fingerprint density at radius 2 is 0.920 bits per heavy atom. The van der Waals surface area contributed by atoms with Gasteiger partial charge in [0.05, 0.1) is 0 Å². The fraction of sp³-hybridized carbons (Fsp3) is 1.00. The summed E-state index contributed by atoms with van der Waals surface area (Å²) in [5.41, 5.74) is 0. The molecule has 0 aliphatic heterocycles. The van der Waals surface area contributed by atoms with Crippen LogP contribution in [0.25, 0.3) is 0 Å². The SMILES string of the molecule is CC1CCC(C2CCC(C3CCC(CC[Si](C)(C)C)CC3)CC2)CC1. The van der Waals surface area contributed by atoms with Crippen molar-refractivity contribution in [2.75, 3.05) is 0 Å². The van der Waals surface area contributed by atoms with Crippen molar-refractivity contribution in [1.29, 1.82) is 0 Å². The highest BCUT2D eigenvalue weighted by atomic mass is 28.3. The molecule has 0 atom stereocenters. The minimum absolute atomic E-state index is 0.819. The van der Waals surface area contributed by atoms with Crippen molar-refractivity contribution in [2.45, 2.75) is 116 Å². The van der Waals surface area contributed by atoms with Crippen molar-refractivity contribution in [3.05, 3.63) is 0 Å². The van der Waals surface area contributed by atoms with Crippen LogP contribution in [0.5, 0.6) is 0 Å². The molecule has 0 amide bonds. The first kappa shape index (κ1) is 20.0. The minimum Gasteiger partial charge on any atom is -0.0695 e. The van der Waals surface area contributed by atoms with Gasteiger partial charge in [-0.15, -0.1) is 0 Å². The largest absolute Gasteiger partial charge is 0.0695 e. The molecule has 25 heavy (non-hydrogen) atoms. The lowest BCUT2D eigenvalue weighted by Gasteiger charge is -2.41. The van der Waals surface area contributed by atoms with Gasteiger partial charge in [0.25, 0.3) is 0 Å². The van der Waals surface area contributed by atoms with Crippen LogP contribution in [0.1, 0.15) is 90.4 Å². The van der Waals surface area contributed by atoms with E-state index in [1.54, 1.807) is 76.7 Å². The van der Waals surface area contributed by atoms with Gasteiger partial charge in [-0.2, -0.15) is 0 Å². The maximum absolute atomic E-state index is 2.55. The van der Waals surface area contributed by atoms with E-state index < -0.39 is 8.07 Å². The van der Waals surface area contributed by atoms with Crippen LogP contribution in [0.4, 0.5) is 0 Å². The van der Waals surface area contributed by atoms with E-state index in [1.165, 1.54) is 12.8 Å². The Hall–Kier alpha value is 0.217. The highest BCUT2D eigenvalue weighted by Gasteiger charge is 2.34. The van der Waals surface area contributed by atoms with Gasteiger partial charge in [0.2, 0.25) is 0 Å². The summed E-state index contributed by atoms with van der Waals surface area (Å²) in [5, 5.41) is 0. The standard InChI is InChI=1S/C24H46Si/c1-19-5-9-21(10-6-19)23-13-15-24(16-14-23)22-11-7-20(8-12-22)17-18-25(2,3)4/h19-24H,5-18H2,1-4H3. The highest BCUT2D eigenvalue weighted by molar-refractivity contribution is 6.76. The second-order valence-corrected chi connectivity index (χ2v) is 17.2. The number of hydrogen-bond acceptors (Lipinski definition) is 0. The Kier molecular flexibility index (Phi) is 7.14. The van der Waals surface area contributed by atoms with Crippen molar-refractivity contribution in [3.63, 3.8) is 0 Å². The predicted molar refractivity (Wildman–Crippen MR) is 115 cm³/mol. The maximum Gasteiger partial charge on any atom is 0.0442 e. The Morgan fingerprint density at radius 3 is 1.32 bits per heavy atom. The fourth-order valence-corrected chi connectivity index (χ4v) is 7.70. The van der Waals surface area contributed by atoms with Crippen molar-refractivity contribution in [2.24, 2.45) is 35.5 Å². The second-order valence-electron chi connectivity index (χ2n) is 11.6. The summed E-state index contributed by atoms with van der Waals surface area (Å²) in [4.78, 5) is 0. The molecule has 0 unspecified atom stereocenters. The highest BCUT2D eigenvalue weighted by Crippen LogP contribution is 2.46. The maximum atomic E-state index is 2.55. The molecular formula is C24H46Si. The molecule has 1 heteroatoms. The van der Waals surface area contributed by atoms with Crippen LogP contribution in [-0.4, -0.2) is 8.07 Å². The van der Waals surface area contributed by atoms with Gasteiger partial charge >= 0.3 is 0 Å². The first-order valence-electron chi connectivity index (χ1n) is 11.9. The molecule has 0 spiro atoms. The van der Waals surface area contributed by atoms with Crippen LogP contribution in [0.3, 0.4) is 0 Å². The zero-order valence-electron chi connectivity index (χ0n) is 17.9. The van der Waals surface area contributed by atoms with E-state index in [0.29, 0.717) is 0 Å². The normalized spacial score (nSPS) is 40.8. The van der Waals surface area contributed by atoms with Gasteiger partial charge in [0, 0.05) is 8.07 Å². The smallest absolute Gasteiger partial charge is 0.0442 e. The summed E-state index contributed by atoms with van der Waals surface area (Å²) in [6, 6.07) is 1.56. The molecule has 3 rings (SSSR count). The van der Waals surface area contributed by atoms with Gasteiger partial charge in [-0.3, -0.25) is 0 Å². The van der Waals surface area contributed by atoms with E-state index in [2.05, 4.69) is 26.6 Å². The van der Waals surface area contributed by atoms with Gasteiger partial charge in [-0.1, -0.05) is 64.7 Å². The lowest BCUT2D eigenvalue weighted by Crippen LogP contribution is -2.30. The molecule has 0 N–H and O–H groups in total. The summed E-state index contributed by atoms with van der Waals surface area (Å²) in [6.07, 6.45) is 20.3. The zero-order valence-corrected chi connectivity index (χ0v) is 18.9. The lowest BCUT2D eigenvalue weighted by atomic mass is 9.65. The quantitative estimate of drug-likeness (QED) is 0.433. The van der Waals surface area contributed by atoms with Gasteiger partial charge in [0.1, 0.15) is 0 Å². The topological polar surface area (TPSA) is 0 Å². The third-order valence-corrected chi connectivity index (χ3v) is 10.2. The number of rotatable bonds is 5. The van der Waals surface area contributed by atoms with Crippen LogP contribution in [0.2, 0.25) is 25.7 Å². The molecule has 146 valence electrons. The Labute approximate surface area is 159 Å². The third-order valence-electron chi connectivity index (χ3n) is 8.40. The van der Waals surface area contributed by atoms with E-state index >= 15 is 0 Å². The molecule has 0 bridgehead atoms. The van der Waals surface area contributed by atoms with Crippen molar-refractivity contribution < 1.29 is 0 Å². The fourth-order valence-electron chi connectivity index (χ4n) is 6.43. The van der Waals surface area contributed by atoms with Crippen molar-refractivity contribution in [1.82, 2.24) is 0 Å². The molecule has 3 aliphatic carbocycles. The molecule has 0 heterocycles. The summed E-state index contributed by atoms with van der Waals surface area (Å²) in [6.45, 7) is 10.1. The molecule has 3 saturated carbocycles. The van der Waals surface area contributed by atoms with E-state index in [1.807, 2.05) is 0 Å². The average molecular weight is 363 g/mol. The second kappa shape index (κ2) is 8.94. The summed E-state index contributed by atoms with van der Waals surface area (Å²) in [7, 11) is -0.819. The Balaban J connectivity index is 1.35. The van der Waals surface area contributed by atoms with Gasteiger partial charge < -0.3 is 0 Å². The first-order chi connectivity index (χ1) is 11.9. The molecule has 0 aromatic rings. The molecule has 0 saturated heterocycles. The monoisotopic (exact) mass is 362 g/mol. The zero-order chi connectivity index (χ0) is 17.9. The summed E-state index contributed by atoms with van der Waals surface area (Å²) in [5.74, 6) is 6.53. The van der Waals surface area contributed by atoms with E-state index in [-0.39, 0.29) is 0 Å². The third kappa shape index (κ3) is 6.11. The Morgan fingerprint density at radius 1 is 0.560 bits per heavy atom. The Bertz CT molecular complexity index is 371. The van der Waals surface area contributed by atoms with Crippen molar-refractivity contribution in [3.8, 4) is 0 Å². The van der Waals surface area contributed by atoms with E-state index in [0.717, 1.165) is 35.5 Å². The average Bonchev–Trinajstić information content (AvgIpc) is 2.61. The first-order valence-corrected chi connectivity index (χ1v) is 15.6. The van der Waals surface area contributed by atoms with Gasteiger partial charge in [-0.25, -0.2) is 0 Å². The molecule has 3 aliphatic rings. The molecule has 3 fully saturated rings. The predicted octanol–water partition coefficient (Wildman–Crippen LogP) is 8.15. The molecular weight excluding hydrogens is 316 g/mol. The van der Waals surface area contributed by atoms with Crippen LogP contribution in [0.15, 0.2) is 0 Å². The summed E-state index contributed by atoms with van der Waals surface area (Å²) < 4.78 is 0. The van der Waals surface area contributed by atoms with Crippen LogP contribution in [0, 0.1) is 35.5 Å². The molecule has 0 aromatic carbocycles. The molecule has 0 nitrogen and oxygen atoms in total. The van der Waals surface area contributed by atoms with Gasteiger partial charge in [0.15, 0.2) is 0 Å². The van der Waals surface area contributed by atoms with Crippen LogP contribution in [-0.2, 0) is 0 Å². The van der Waals surface area contributed by atoms with Crippen LogP contribution >= 0.6 is 0 Å².